The summed E-state index contributed by atoms with van der Waals surface area (Å²) in [6.07, 6.45) is 1.08. The number of hydrogen-bond donors (Lipinski definition) is 2. The van der Waals surface area contributed by atoms with Gasteiger partial charge in [-0.05, 0) is 32.4 Å². The smallest absolute Gasteiger partial charge is 0.271 e. The molecule has 5 heteroatoms. The fraction of sp³-hybridized carbons (Fsp3) is 0.400. The molecule has 2 N–H and O–H groups in total. The minimum atomic E-state index is -0.279. The van der Waals surface area contributed by atoms with Crippen LogP contribution in [0.5, 0.6) is 0 Å². The minimum absolute atomic E-state index is 0.0855. The molecule has 0 unspecified atom stereocenters. The summed E-state index contributed by atoms with van der Waals surface area (Å²) in [6, 6.07) is 7.21. The summed E-state index contributed by atoms with van der Waals surface area (Å²) in [4.78, 5) is 23.3. The van der Waals surface area contributed by atoms with Crippen molar-refractivity contribution in [3.63, 3.8) is 0 Å². The van der Waals surface area contributed by atoms with Crippen LogP contribution in [0.25, 0.3) is 0 Å². The summed E-state index contributed by atoms with van der Waals surface area (Å²) < 4.78 is 0. The minimum Gasteiger partial charge on any atom is -0.356 e. The summed E-state index contributed by atoms with van der Waals surface area (Å²) in [5.74, 6) is -0.365. The van der Waals surface area contributed by atoms with Gasteiger partial charge in [0.25, 0.3) is 5.91 Å². The van der Waals surface area contributed by atoms with E-state index < -0.39 is 0 Å². The van der Waals surface area contributed by atoms with Crippen LogP contribution in [0.1, 0.15) is 42.6 Å². The number of amides is 2. The SMILES string of the molecule is CCCNC(=O)C/C(C)=N\NC(=O)c1ccc(C)cc1. The molecule has 5 nitrogen and oxygen atoms in total. The van der Waals surface area contributed by atoms with Crippen molar-refractivity contribution in [3.8, 4) is 0 Å². The van der Waals surface area contributed by atoms with Gasteiger partial charge in [0.1, 0.15) is 0 Å². The van der Waals surface area contributed by atoms with E-state index in [4.69, 9.17) is 0 Å². The third kappa shape index (κ3) is 5.65. The zero-order valence-electron chi connectivity index (χ0n) is 12.2. The molecule has 0 heterocycles. The molecular formula is C15H21N3O2. The van der Waals surface area contributed by atoms with Crippen molar-refractivity contribution in [3.05, 3.63) is 35.4 Å². The summed E-state index contributed by atoms with van der Waals surface area (Å²) in [7, 11) is 0. The predicted octanol–water partition coefficient (Wildman–Crippen LogP) is 2.02. The lowest BCUT2D eigenvalue weighted by atomic mass is 10.1. The Morgan fingerprint density at radius 1 is 1.20 bits per heavy atom. The zero-order valence-corrected chi connectivity index (χ0v) is 12.2. The van der Waals surface area contributed by atoms with E-state index in [1.165, 1.54) is 0 Å². The molecule has 0 spiro atoms. The highest BCUT2D eigenvalue weighted by atomic mass is 16.2. The van der Waals surface area contributed by atoms with Crippen molar-refractivity contribution in [1.82, 2.24) is 10.7 Å². The number of aryl methyl sites for hydroxylation is 1. The van der Waals surface area contributed by atoms with Crippen LogP contribution in [0, 0.1) is 6.92 Å². The molecular weight excluding hydrogens is 254 g/mol. The number of nitrogens with one attached hydrogen (secondary N) is 2. The average Bonchev–Trinajstić information content (AvgIpc) is 2.43. The highest BCUT2D eigenvalue weighted by Gasteiger charge is 2.05. The van der Waals surface area contributed by atoms with Gasteiger partial charge in [-0.1, -0.05) is 24.6 Å². The summed E-state index contributed by atoms with van der Waals surface area (Å²) in [5.41, 5.74) is 4.65. The molecule has 0 aromatic heterocycles. The molecule has 0 saturated carbocycles. The van der Waals surface area contributed by atoms with Crippen LogP contribution in [0.15, 0.2) is 29.4 Å². The van der Waals surface area contributed by atoms with E-state index in [1.807, 2.05) is 26.0 Å². The van der Waals surface area contributed by atoms with Gasteiger partial charge < -0.3 is 5.32 Å². The summed E-state index contributed by atoms with van der Waals surface area (Å²) in [5, 5.41) is 6.68. The van der Waals surface area contributed by atoms with Gasteiger partial charge in [-0.25, -0.2) is 5.43 Å². The Hall–Kier alpha value is -2.17. The zero-order chi connectivity index (χ0) is 15.0. The van der Waals surface area contributed by atoms with Crippen molar-refractivity contribution in [1.29, 1.82) is 0 Å². The Kier molecular flexibility index (Phi) is 6.43. The number of benzene rings is 1. The molecule has 1 aromatic rings. The number of hydrogen-bond acceptors (Lipinski definition) is 3. The van der Waals surface area contributed by atoms with Gasteiger partial charge in [-0.2, -0.15) is 5.10 Å². The van der Waals surface area contributed by atoms with Crippen LogP contribution >= 0.6 is 0 Å². The molecule has 0 aliphatic heterocycles. The van der Waals surface area contributed by atoms with Gasteiger partial charge in [0.2, 0.25) is 5.91 Å². The topological polar surface area (TPSA) is 70.6 Å². The third-order valence-electron chi connectivity index (χ3n) is 2.65. The Bertz CT molecular complexity index is 492. The largest absolute Gasteiger partial charge is 0.356 e. The molecule has 1 aromatic carbocycles. The number of rotatable bonds is 6. The lowest BCUT2D eigenvalue weighted by Gasteiger charge is -2.04. The molecule has 108 valence electrons. The number of carbonyl (C=O) groups is 2. The van der Waals surface area contributed by atoms with Crippen molar-refractivity contribution >= 4 is 17.5 Å². The highest BCUT2D eigenvalue weighted by molar-refractivity contribution is 6.01. The Morgan fingerprint density at radius 3 is 2.45 bits per heavy atom. The van der Waals surface area contributed by atoms with E-state index in [-0.39, 0.29) is 18.2 Å². The van der Waals surface area contributed by atoms with Crippen molar-refractivity contribution in [2.24, 2.45) is 5.10 Å². The first-order valence-corrected chi connectivity index (χ1v) is 6.69. The van der Waals surface area contributed by atoms with Crippen molar-refractivity contribution < 1.29 is 9.59 Å². The van der Waals surface area contributed by atoms with E-state index in [9.17, 15) is 9.59 Å². The van der Waals surface area contributed by atoms with Crippen LogP contribution in [0.2, 0.25) is 0 Å². The maximum Gasteiger partial charge on any atom is 0.271 e. The summed E-state index contributed by atoms with van der Waals surface area (Å²) >= 11 is 0. The fourth-order valence-electron chi connectivity index (χ4n) is 1.51. The van der Waals surface area contributed by atoms with Gasteiger partial charge in [-0.15, -0.1) is 0 Å². The predicted molar refractivity (Wildman–Crippen MR) is 79.7 cm³/mol. The van der Waals surface area contributed by atoms with Gasteiger partial charge in [0.05, 0.1) is 6.42 Å². The number of carbonyl (C=O) groups excluding carboxylic acids is 2. The lowest BCUT2D eigenvalue weighted by Crippen LogP contribution is -2.27. The van der Waals surface area contributed by atoms with Crippen LogP contribution in [-0.2, 0) is 4.79 Å². The molecule has 0 saturated heterocycles. The molecule has 0 aliphatic rings. The maximum atomic E-state index is 11.8. The Balaban J connectivity index is 2.47. The fourth-order valence-corrected chi connectivity index (χ4v) is 1.51. The van der Waals surface area contributed by atoms with Gasteiger partial charge in [-0.3, -0.25) is 9.59 Å². The second-order valence-electron chi connectivity index (χ2n) is 4.68. The van der Waals surface area contributed by atoms with Crippen LogP contribution in [-0.4, -0.2) is 24.1 Å². The van der Waals surface area contributed by atoms with E-state index in [2.05, 4.69) is 15.8 Å². The van der Waals surface area contributed by atoms with Crippen LogP contribution in [0.3, 0.4) is 0 Å². The number of nitrogens with zero attached hydrogens (tertiary/aromatic N) is 1. The Morgan fingerprint density at radius 2 is 1.85 bits per heavy atom. The average molecular weight is 275 g/mol. The molecule has 0 aliphatic carbocycles. The van der Waals surface area contributed by atoms with Crippen molar-refractivity contribution in [2.45, 2.75) is 33.6 Å². The monoisotopic (exact) mass is 275 g/mol. The molecule has 0 radical (unpaired) electrons. The maximum absolute atomic E-state index is 11.8. The normalized spacial score (nSPS) is 11.1. The highest BCUT2D eigenvalue weighted by Crippen LogP contribution is 2.02. The summed E-state index contributed by atoms with van der Waals surface area (Å²) in [6.45, 7) is 6.31. The molecule has 2 amide bonds. The van der Waals surface area contributed by atoms with E-state index in [1.54, 1.807) is 19.1 Å². The Labute approximate surface area is 119 Å². The molecule has 0 bridgehead atoms. The van der Waals surface area contributed by atoms with E-state index in [0.717, 1.165) is 12.0 Å². The first-order chi connectivity index (χ1) is 9.52. The standard InChI is InChI=1S/C15H21N3O2/c1-4-9-16-14(19)10-12(3)17-18-15(20)13-7-5-11(2)6-8-13/h5-8H,4,9-10H2,1-3H3,(H,16,19)(H,18,20)/b17-12-. The van der Waals surface area contributed by atoms with Gasteiger partial charge >= 0.3 is 0 Å². The van der Waals surface area contributed by atoms with Crippen LogP contribution in [0.4, 0.5) is 0 Å². The van der Waals surface area contributed by atoms with Crippen LogP contribution < -0.4 is 10.7 Å². The molecule has 0 atom stereocenters. The van der Waals surface area contributed by atoms with E-state index in [0.29, 0.717) is 17.8 Å². The second kappa shape index (κ2) is 8.09. The first-order valence-electron chi connectivity index (χ1n) is 6.69. The molecule has 1 rings (SSSR count). The quantitative estimate of drug-likeness (QED) is 0.616. The molecule has 20 heavy (non-hydrogen) atoms. The van der Waals surface area contributed by atoms with E-state index >= 15 is 0 Å². The van der Waals surface area contributed by atoms with Gasteiger partial charge in [0, 0.05) is 17.8 Å². The number of hydrazone groups is 1. The lowest BCUT2D eigenvalue weighted by molar-refractivity contribution is -0.119. The van der Waals surface area contributed by atoms with Crippen molar-refractivity contribution in [2.75, 3.05) is 6.54 Å². The van der Waals surface area contributed by atoms with Gasteiger partial charge in [0.15, 0.2) is 0 Å². The second-order valence-corrected chi connectivity index (χ2v) is 4.68. The molecule has 0 fully saturated rings. The third-order valence-corrected chi connectivity index (χ3v) is 2.65. The first kappa shape index (κ1) is 15.9.